The lowest BCUT2D eigenvalue weighted by atomic mass is 10.2. The number of nitrogens with two attached hydrogens (primary N) is 1. The zero-order chi connectivity index (χ0) is 10.8. The van der Waals surface area contributed by atoms with Gasteiger partial charge in [-0.1, -0.05) is 11.3 Å². The normalized spacial score (nSPS) is 13.5. The second-order valence-corrected chi connectivity index (χ2v) is 5.24. The van der Waals surface area contributed by atoms with Crippen LogP contribution in [0.15, 0.2) is 0 Å². The third-order valence-electron chi connectivity index (χ3n) is 2.11. The number of fused-ring (bicyclic) bond motifs is 1. The summed E-state index contributed by atoms with van der Waals surface area (Å²) in [7, 11) is 0. The van der Waals surface area contributed by atoms with Crippen LogP contribution < -0.4 is 5.73 Å². The minimum Gasteiger partial charge on any atom is -0.322 e. The predicted octanol–water partition coefficient (Wildman–Crippen LogP) is 1.25. The molecule has 0 saturated carbocycles. The molecule has 1 unspecified atom stereocenters. The summed E-state index contributed by atoms with van der Waals surface area (Å²) in [5, 5.41) is 13.3. The van der Waals surface area contributed by atoms with Gasteiger partial charge in [-0.05, 0) is 25.4 Å². The van der Waals surface area contributed by atoms with Gasteiger partial charge in [0.15, 0.2) is 5.82 Å². The Labute approximate surface area is 96.1 Å². The molecule has 1 atom stereocenters. The third-order valence-corrected chi connectivity index (χ3v) is 3.79. The van der Waals surface area contributed by atoms with Gasteiger partial charge in [0.1, 0.15) is 5.01 Å². The molecule has 82 valence electrons. The summed E-state index contributed by atoms with van der Waals surface area (Å²) < 4.78 is 1.75. The molecular weight excluding hydrogens is 230 g/mol. The van der Waals surface area contributed by atoms with E-state index in [4.69, 9.17) is 5.73 Å². The van der Waals surface area contributed by atoms with Gasteiger partial charge in [-0.2, -0.15) is 21.4 Å². The van der Waals surface area contributed by atoms with Gasteiger partial charge in [-0.15, -0.1) is 10.2 Å². The molecule has 2 rings (SSSR count). The van der Waals surface area contributed by atoms with Gasteiger partial charge in [0.25, 0.3) is 0 Å². The molecule has 0 aromatic carbocycles. The van der Waals surface area contributed by atoms with Crippen LogP contribution in [0.5, 0.6) is 0 Å². The number of nitrogens with zero attached hydrogens (tertiary/aromatic N) is 4. The fraction of sp³-hybridized carbons (Fsp3) is 0.625. The van der Waals surface area contributed by atoms with Gasteiger partial charge in [-0.3, -0.25) is 0 Å². The second-order valence-electron chi connectivity index (χ2n) is 3.27. The van der Waals surface area contributed by atoms with Crippen LogP contribution in [0.1, 0.15) is 23.3 Å². The van der Waals surface area contributed by atoms with Gasteiger partial charge < -0.3 is 5.73 Å². The zero-order valence-corrected chi connectivity index (χ0v) is 10.3. The molecular formula is C8H13N5S2. The molecule has 2 heterocycles. The first-order valence-electron chi connectivity index (χ1n) is 4.65. The number of rotatable bonds is 4. The van der Waals surface area contributed by atoms with Gasteiger partial charge >= 0.3 is 0 Å². The molecule has 7 heteroatoms. The van der Waals surface area contributed by atoms with Crippen molar-refractivity contribution in [3.05, 3.63) is 10.8 Å². The van der Waals surface area contributed by atoms with Gasteiger partial charge in [0, 0.05) is 0 Å². The summed E-state index contributed by atoms with van der Waals surface area (Å²) in [5.74, 6) is 1.87. The standard InChI is InChI=1S/C8H13N5S2/c1-5-10-11-8-13(5)12-7(15-8)6(9)3-4-14-2/h6H,3-4,9H2,1-2H3. The maximum atomic E-state index is 6.03. The molecule has 0 radical (unpaired) electrons. The predicted molar refractivity (Wildman–Crippen MR) is 63.3 cm³/mol. The molecule has 0 aliphatic heterocycles. The number of aromatic nitrogens is 4. The van der Waals surface area contributed by atoms with Crippen LogP contribution >= 0.6 is 23.1 Å². The Hall–Kier alpha value is -0.660. The Morgan fingerprint density at radius 1 is 1.53 bits per heavy atom. The summed E-state index contributed by atoms with van der Waals surface area (Å²) in [6.45, 7) is 1.89. The Morgan fingerprint density at radius 3 is 3.00 bits per heavy atom. The number of aryl methyl sites for hydroxylation is 1. The van der Waals surface area contributed by atoms with Crippen molar-refractivity contribution in [1.82, 2.24) is 19.8 Å². The minimum absolute atomic E-state index is 0.0172. The largest absolute Gasteiger partial charge is 0.322 e. The molecule has 0 aliphatic rings. The highest BCUT2D eigenvalue weighted by Crippen LogP contribution is 2.21. The molecule has 0 spiro atoms. The fourth-order valence-corrected chi connectivity index (χ4v) is 2.66. The lowest BCUT2D eigenvalue weighted by Crippen LogP contribution is -2.11. The van der Waals surface area contributed by atoms with E-state index < -0.39 is 0 Å². The van der Waals surface area contributed by atoms with Gasteiger partial charge in [0.2, 0.25) is 4.96 Å². The number of hydrogen-bond acceptors (Lipinski definition) is 6. The van der Waals surface area contributed by atoms with Crippen molar-refractivity contribution in [3.8, 4) is 0 Å². The van der Waals surface area contributed by atoms with Crippen LogP contribution in [-0.4, -0.2) is 31.8 Å². The quantitative estimate of drug-likeness (QED) is 0.875. The average Bonchev–Trinajstić information content (AvgIpc) is 2.78. The third kappa shape index (κ3) is 2.14. The summed E-state index contributed by atoms with van der Waals surface area (Å²) in [4.78, 5) is 0.821. The lowest BCUT2D eigenvalue weighted by molar-refractivity contribution is 0.678. The minimum atomic E-state index is 0.0172. The monoisotopic (exact) mass is 243 g/mol. The van der Waals surface area contributed by atoms with E-state index in [2.05, 4.69) is 21.6 Å². The van der Waals surface area contributed by atoms with E-state index in [0.29, 0.717) is 0 Å². The SMILES string of the molecule is CSCCC(N)c1nn2c(C)nnc2s1. The summed E-state index contributed by atoms with van der Waals surface area (Å²) in [6.07, 6.45) is 3.03. The average molecular weight is 243 g/mol. The van der Waals surface area contributed by atoms with E-state index in [9.17, 15) is 0 Å². The molecule has 5 nitrogen and oxygen atoms in total. The van der Waals surface area contributed by atoms with E-state index in [1.165, 1.54) is 11.3 Å². The van der Waals surface area contributed by atoms with Gasteiger partial charge in [-0.25, -0.2) is 0 Å². The zero-order valence-electron chi connectivity index (χ0n) is 8.67. The fourth-order valence-electron chi connectivity index (χ4n) is 1.25. The van der Waals surface area contributed by atoms with Crippen molar-refractivity contribution >= 4 is 28.1 Å². The molecule has 0 fully saturated rings. The highest BCUT2D eigenvalue weighted by atomic mass is 32.2. The first kappa shape index (κ1) is 10.8. The van der Waals surface area contributed by atoms with Crippen LogP contribution in [0.4, 0.5) is 0 Å². The second kappa shape index (κ2) is 4.46. The molecule has 0 saturated heterocycles. The Bertz CT molecular complexity index is 449. The van der Waals surface area contributed by atoms with Crippen molar-refractivity contribution in [1.29, 1.82) is 0 Å². The highest BCUT2D eigenvalue weighted by Gasteiger charge is 2.14. The molecule has 2 N–H and O–H groups in total. The highest BCUT2D eigenvalue weighted by molar-refractivity contribution is 7.98. The first-order valence-corrected chi connectivity index (χ1v) is 6.86. The molecule has 0 bridgehead atoms. The molecule has 2 aromatic rings. The molecule has 15 heavy (non-hydrogen) atoms. The Morgan fingerprint density at radius 2 is 2.33 bits per heavy atom. The molecule has 2 aromatic heterocycles. The molecule has 0 amide bonds. The Kier molecular flexibility index (Phi) is 3.22. The maximum Gasteiger partial charge on any atom is 0.234 e. The topological polar surface area (TPSA) is 69.1 Å². The van der Waals surface area contributed by atoms with Crippen molar-refractivity contribution in [2.45, 2.75) is 19.4 Å². The van der Waals surface area contributed by atoms with Crippen LogP contribution in [-0.2, 0) is 0 Å². The summed E-state index contributed by atoms with van der Waals surface area (Å²) in [5.41, 5.74) is 6.03. The van der Waals surface area contributed by atoms with Crippen LogP contribution in [0, 0.1) is 6.92 Å². The number of hydrogen-bond donors (Lipinski definition) is 1. The van der Waals surface area contributed by atoms with Crippen LogP contribution in [0.25, 0.3) is 4.96 Å². The van der Waals surface area contributed by atoms with Crippen LogP contribution in [0.2, 0.25) is 0 Å². The summed E-state index contributed by atoms with van der Waals surface area (Å²) in [6, 6.07) is 0.0172. The van der Waals surface area contributed by atoms with Gasteiger partial charge in [0.05, 0.1) is 6.04 Å². The molecule has 0 aliphatic carbocycles. The first-order chi connectivity index (χ1) is 7.22. The summed E-state index contributed by atoms with van der Waals surface area (Å²) >= 11 is 3.32. The van der Waals surface area contributed by atoms with Crippen LogP contribution in [0.3, 0.4) is 0 Å². The van der Waals surface area contributed by atoms with Crippen molar-refractivity contribution in [2.24, 2.45) is 5.73 Å². The maximum absolute atomic E-state index is 6.03. The van der Waals surface area contributed by atoms with Crippen molar-refractivity contribution in [2.75, 3.05) is 12.0 Å². The van der Waals surface area contributed by atoms with Crippen molar-refractivity contribution < 1.29 is 0 Å². The Balaban J connectivity index is 2.20. The van der Waals surface area contributed by atoms with Crippen molar-refractivity contribution in [3.63, 3.8) is 0 Å². The number of thioether (sulfide) groups is 1. The van der Waals surface area contributed by atoms with E-state index in [0.717, 1.165) is 28.0 Å². The van der Waals surface area contributed by atoms with E-state index in [-0.39, 0.29) is 6.04 Å². The van der Waals surface area contributed by atoms with E-state index in [1.807, 2.05) is 6.92 Å². The smallest absolute Gasteiger partial charge is 0.234 e. The van der Waals surface area contributed by atoms with E-state index >= 15 is 0 Å². The van der Waals surface area contributed by atoms with E-state index in [1.54, 1.807) is 16.3 Å². The lowest BCUT2D eigenvalue weighted by Gasteiger charge is -2.05.